The largest absolute Gasteiger partial charge is 0.372 e. The number of hydrogen-bond acceptors (Lipinski definition) is 3. The van der Waals surface area contributed by atoms with Crippen LogP contribution in [0.5, 0.6) is 0 Å². The molecule has 2 rings (SSSR count). The summed E-state index contributed by atoms with van der Waals surface area (Å²) in [5, 5.41) is 12.3. The van der Waals surface area contributed by atoms with Crippen LogP contribution in [-0.2, 0) is 4.79 Å². The Morgan fingerprint density at radius 1 is 1.12 bits per heavy atom. The van der Waals surface area contributed by atoms with Crippen molar-refractivity contribution in [1.82, 2.24) is 5.32 Å². The van der Waals surface area contributed by atoms with Gasteiger partial charge in [-0.1, -0.05) is 42.5 Å². The molecule has 0 radical (unpaired) electrons. The maximum absolute atomic E-state index is 12.4. The fourth-order valence-corrected chi connectivity index (χ4v) is 2.78. The summed E-state index contributed by atoms with van der Waals surface area (Å²) in [7, 11) is 0. The van der Waals surface area contributed by atoms with Gasteiger partial charge in [-0.25, -0.2) is 0 Å². The molecule has 0 aliphatic heterocycles. The van der Waals surface area contributed by atoms with Crippen LogP contribution in [0.25, 0.3) is 6.08 Å². The van der Waals surface area contributed by atoms with Crippen LogP contribution in [0.15, 0.2) is 60.2 Å². The Balaban J connectivity index is 2.11. The second kappa shape index (κ2) is 9.43. The zero-order valence-corrected chi connectivity index (χ0v) is 15.6. The molecular weight excluding hydrogens is 322 g/mol. The first kappa shape index (κ1) is 19.3. The van der Waals surface area contributed by atoms with E-state index in [1.165, 1.54) is 0 Å². The molecule has 0 aromatic heterocycles. The van der Waals surface area contributed by atoms with Crippen LogP contribution in [-0.4, -0.2) is 19.0 Å². The number of nitriles is 1. The first-order valence-electron chi connectivity index (χ1n) is 8.91. The van der Waals surface area contributed by atoms with Gasteiger partial charge in [-0.3, -0.25) is 4.79 Å². The predicted molar refractivity (Wildman–Crippen MR) is 107 cm³/mol. The highest BCUT2D eigenvalue weighted by atomic mass is 16.1. The average molecular weight is 347 g/mol. The molecule has 4 nitrogen and oxygen atoms in total. The van der Waals surface area contributed by atoms with E-state index in [0.717, 1.165) is 29.9 Å². The Morgan fingerprint density at radius 3 is 2.27 bits per heavy atom. The molecule has 1 N–H and O–H groups in total. The van der Waals surface area contributed by atoms with E-state index in [1.807, 2.05) is 67.6 Å². The number of benzene rings is 2. The predicted octanol–water partition coefficient (Wildman–Crippen LogP) is 4.32. The molecule has 0 aliphatic carbocycles. The van der Waals surface area contributed by atoms with Gasteiger partial charge in [-0.05, 0) is 50.1 Å². The number of carbonyl (C=O) groups is 1. The lowest BCUT2D eigenvalue weighted by atomic mass is 10.1. The van der Waals surface area contributed by atoms with E-state index in [2.05, 4.69) is 24.1 Å². The van der Waals surface area contributed by atoms with Crippen LogP contribution >= 0.6 is 0 Å². The molecule has 0 spiro atoms. The summed E-state index contributed by atoms with van der Waals surface area (Å²) in [4.78, 5) is 14.7. The number of anilines is 1. The third kappa shape index (κ3) is 4.97. The highest BCUT2D eigenvalue weighted by Gasteiger charge is 2.13. The molecule has 0 saturated heterocycles. The summed E-state index contributed by atoms with van der Waals surface area (Å²) < 4.78 is 0. The molecule has 26 heavy (non-hydrogen) atoms. The summed E-state index contributed by atoms with van der Waals surface area (Å²) in [6.07, 6.45) is 1.62. The molecule has 0 aliphatic rings. The van der Waals surface area contributed by atoms with Gasteiger partial charge < -0.3 is 10.2 Å². The number of amides is 1. The smallest absolute Gasteiger partial charge is 0.262 e. The van der Waals surface area contributed by atoms with Crippen molar-refractivity contribution in [3.05, 3.63) is 71.3 Å². The number of carbonyl (C=O) groups excluding carboxylic acids is 1. The Bertz CT molecular complexity index is 784. The molecule has 1 atom stereocenters. The van der Waals surface area contributed by atoms with E-state index in [1.54, 1.807) is 6.08 Å². The maximum atomic E-state index is 12.4. The summed E-state index contributed by atoms with van der Waals surface area (Å²) in [6, 6.07) is 19.4. The van der Waals surface area contributed by atoms with E-state index in [4.69, 9.17) is 0 Å². The summed E-state index contributed by atoms with van der Waals surface area (Å²) in [6.45, 7) is 8.01. The van der Waals surface area contributed by atoms with Crippen LogP contribution in [0.3, 0.4) is 0 Å². The van der Waals surface area contributed by atoms with Crippen LogP contribution in [0, 0.1) is 11.3 Å². The highest BCUT2D eigenvalue weighted by Crippen LogP contribution is 2.17. The third-order valence-corrected chi connectivity index (χ3v) is 4.34. The molecule has 0 fully saturated rings. The van der Waals surface area contributed by atoms with Crippen molar-refractivity contribution in [1.29, 1.82) is 5.26 Å². The zero-order chi connectivity index (χ0) is 18.9. The Kier molecular flexibility index (Phi) is 6.99. The van der Waals surface area contributed by atoms with Gasteiger partial charge in [0.15, 0.2) is 0 Å². The van der Waals surface area contributed by atoms with E-state index in [9.17, 15) is 10.1 Å². The molecule has 0 saturated carbocycles. The molecule has 1 amide bonds. The Hall–Kier alpha value is -3.06. The van der Waals surface area contributed by atoms with Crippen molar-refractivity contribution in [2.45, 2.75) is 26.8 Å². The fourth-order valence-electron chi connectivity index (χ4n) is 2.78. The molecule has 1 unspecified atom stereocenters. The lowest BCUT2D eigenvalue weighted by Gasteiger charge is -2.20. The van der Waals surface area contributed by atoms with Crippen molar-refractivity contribution >= 4 is 17.7 Å². The van der Waals surface area contributed by atoms with Gasteiger partial charge in [0.05, 0.1) is 6.04 Å². The van der Waals surface area contributed by atoms with Gasteiger partial charge in [-0.15, -0.1) is 0 Å². The molecule has 0 bridgehead atoms. The summed E-state index contributed by atoms with van der Waals surface area (Å²) in [5.41, 5.74) is 3.07. The first-order valence-corrected chi connectivity index (χ1v) is 8.91. The van der Waals surface area contributed by atoms with Crippen molar-refractivity contribution in [2.24, 2.45) is 0 Å². The number of nitrogens with zero attached hydrogens (tertiary/aromatic N) is 2. The molecule has 2 aromatic rings. The summed E-state index contributed by atoms with van der Waals surface area (Å²) in [5.74, 6) is -0.364. The van der Waals surface area contributed by atoms with Crippen LogP contribution < -0.4 is 10.2 Å². The molecule has 2 aromatic carbocycles. The normalized spacial score (nSPS) is 12.2. The topological polar surface area (TPSA) is 56.1 Å². The minimum atomic E-state index is -0.364. The lowest BCUT2D eigenvalue weighted by Crippen LogP contribution is -2.27. The lowest BCUT2D eigenvalue weighted by molar-refractivity contribution is -0.117. The van der Waals surface area contributed by atoms with Gasteiger partial charge >= 0.3 is 0 Å². The van der Waals surface area contributed by atoms with Gasteiger partial charge in [0.1, 0.15) is 11.6 Å². The SMILES string of the molecule is CCN(CC)c1ccc(/C=C(/C#N)C(=O)NC(C)c2ccccc2)cc1. The van der Waals surface area contributed by atoms with E-state index in [0.29, 0.717) is 0 Å². The molecule has 134 valence electrons. The number of hydrogen-bond donors (Lipinski definition) is 1. The Labute approximate surface area is 155 Å². The summed E-state index contributed by atoms with van der Waals surface area (Å²) >= 11 is 0. The minimum absolute atomic E-state index is 0.100. The monoisotopic (exact) mass is 347 g/mol. The van der Waals surface area contributed by atoms with Gasteiger partial charge in [0.25, 0.3) is 5.91 Å². The molecule has 0 heterocycles. The first-order chi connectivity index (χ1) is 12.6. The van der Waals surface area contributed by atoms with Gasteiger partial charge in [-0.2, -0.15) is 5.26 Å². The van der Waals surface area contributed by atoms with Crippen LogP contribution in [0.4, 0.5) is 5.69 Å². The van der Waals surface area contributed by atoms with E-state index in [-0.39, 0.29) is 17.5 Å². The third-order valence-electron chi connectivity index (χ3n) is 4.34. The number of nitrogens with one attached hydrogen (secondary N) is 1. The Morgan fingerprint density at radius 2 is 1.73 bits per heavy atom. The minimum Gasteiger partial charge on any atom is -0.372 e. The van der Waals surface area contributed by atoms with Gasteiger partial charge in [0, 0.05) is 18.8 Å². The van der Waals surface area contributed by atoms with E-state index < -0.39 is 0 Å². The average Bonchev–Trinajstić information content (AvgIpc) is 2.68. The second-order valence-electron chi connectivity index (χ2n) is 6.04. The zero-order valence-electron chi connectivity index (χ0n) is 15.6. The fraction of sp³-hybridized carbons (Fsp3) is 0.273. The van der Waals surface area contributed by atoms with E-state index >= 15 is 0 Å². The van der Waals surface area contributed by atoms with Crippen molar-refractivity contribution < 1.29 is 4.79 Å². The van der Waals surface area contributed by atoms with Crippen LogP contribution in [0.2, 0.25) is 0 Å². The maximum Gasteiger partial charge on any atom is 0.262 e. The quantitative estimate of drug-likeness (QED) is 0.599. The van der Waals surface area contributed by atoms with Gasteiger partial charge in [0.2, 0.25) is 0 Å². The molecule has 4 heteroatoms. The standard InChI is InChI=1S/C22H25N3O/c1-4-25(5-2)21-13-11-18(12-14-21)15-20(16-23)22(26)24-17(3)19-9-7-6-8-10-19/h6-15,17H,4-5H2,1-3H3,(H,24,26)/b20-15-. The molecular formula is C22H25N3O. The number of rotatable bonds is 7. The van der Waals surface area contributed by atoms with Crippen LogP contribution in [0.1, 0.15) is 37.9 Å². The van der Waals surface area contributed by atoms with Crippen molar-refractivity contribution in [2.75, 3.05) is 18.0 Å². The second-order valence-corrected chi connectivity index (χ2v) is 6.04. The van der Waals surface area contributed by atoms with Crippen molar-refractivity contribution in [3.63, 3.8) is 0 Å². The highest BCUT2D eigenvalue weighted by molar-refractivity contribution is 6.01. The van der Waals surface area contributed by atoms with Crippen molar-refractivity contribution in [3.8, 4) is 6.07 Å².